The number of nitrogens with zero attached hydrogens (tertiary/aromatic N) is 2. The maximum Gasteiger partial charge on any atom is 0.257 e. The van der Waals surface area contributed by atoms with Crippen molar-refractivity contribution in [2.75, 3.05) is 7.05 Å². The number of rotatable bonds is 2. The second kappa shape index (κ2) is 5.67. The van der Waals surface area contributed by atoms with Gasteiger partial charge in [-0.25, -0.2) is 4.98 Å². The molecule has 2 unspecified atom stereocenters. The second-order valence-electron chi connectivity index (χ2n) is 4.68. The molecule has 1 fully saturated rings. The number of halogens is 1. The van der Waals surface area contributed by atoms with Crippen molar-refractivity contribution in [1.82, 2.24) is 9.88 Å². The van der Waals surface area contributed by atoms with Gasteiger partial charge in [0.15, 0.2) is 0 Å². The average molecular weight is 269 g/mol. The molecule has 1 aromatic rings. The summed E-state index contributed by atoms with van der Waals surface area (Å²) in [6.07, 6.45) is 4.76. The Morgan fingerprint density at radius 3 is 2.89 bits per heavy atom. The number of aromatic nitrogens is 1. The van der Waals surface area contributed by atoms with Gasteiger partial charge in [-0.3, -0.25) is 4.79 Å². The number of pyridine rings is 1. The molecular formula is C13H17ClN2O2. The highest BCUT2D eigenvalue weighted by molar-refractivity contribution is 6.32. The molecule has 0 aliphatic heterocycles. The zero-order valence-electron chi connectivity index (χ0n) is 10.3. The van der Waals surface area contributed by atoms with Crippen molar-refractivity contribution >= 4 is 17.5 Å². The fourth-order valence-electron chi connectivity index (χ4n) is 2.43. The predicted molar refractivity (Wildman–Crippen MR) is 69.6 cm³/mol. The van der Waals surface area contributed by atoms with Crippen LogP contribution in [0.1, 0.15) is 36.0 Å². The van der Waals surface area contributed by atoms with E-state index in [9.17, 15) is 9.90 Å². The highest BCUT2D eigenvalue weighted by atomic mass is 35.5. The fraction of sp³-hybridized carbons (Fsp3) is 0.538. The lowest BCUT2D eigenvalue weighted by Gasteiger charge is -2.35. The molecule has 0 aromatic carbocycles. The third-order valence-corrected chi connectivity index (χ3v) is 3.80. The number of amides is 1. The summed E-state index contributed by atoms with van der Waals surface area (Å²) in [5.74, 6) is -0.181. The summed E-state index contributed by atoms with van der Waals surface area (Å²) in [7, 11) is 1.71. The zero-order valence-corrected chi connectivity index (χ0v) is 11.1. The Bertz CT molecular complexity index is 439. The molecule has 0 spiro atoms. The summed E-state index contributed by atoms with van der Waals surface area (Å²) in [5.41, 5.74) is 0.388. The van der Waals surface area contributed by atoms with Crippen molar-refractivity contribution in [3.05, 3.63) is 29.0 Å². The van der Waals surface area contributed by atoms with Gasteiger partial charge in [-0.2, -0.15) is 0 Å². The maximum atomic E-state index is 12.3. The van der Waals surface area contributed by atoms with Gasteiger partial charge in [-0.1, -0.05) is 24.4 Å². The van der Waals surface area contributed by atoms with Crippen molar-refractivity contribution in [3.8, 4) is 0 Å². The molecule has 1 saturated carbocycles. The molecular weight excluding hydrogens is 252 g/mol. The first-order chi connectivity index (χ1) is 8.61. The first-order valence-electron chi connectivity index (χ1n) is 6.17. The summed E-state index contributed by atoms with van der Waals surface area (Å²) in [4.78, 5) is 17.8. The van der Waals surface area contributed by atoms with Gasteiger partial charge in [0, 0.05) is 13.2 Å². The summed E-state index contributed by atoms with van der Waals surface area (Å²) in [6.45, 7) is 0. The molecule has 5 heteroatoms. The van der Waals surface area contributed by atoms with Crippen molar-refractivity contribution in [1.29, 1.82) is 0 Å². The van der Waals surface area contributed by atoms with Crippen LogP contribution >= 0.6 is 11.6 Å². The highest BCUT2D eigenvalue weighted by Crippen LogP contribution is 2.24. The molecule has 1 heterocycles. The van der Waals surface area contributed by atoms with E-state index >= 15 is 0 Å². The Hall–Kier alpha value is -1.13. The quantitative estimate of drug-likeness (QED) is 0.836. The number of hydrogen-bond acceptors (Lipinski definition) is 3. The molecule has 1 aliphatic rings. The van der Waals surface area contributed by atoms with Gasteiger partial charge in [0.05, 0.1) is 17.7 Å². The number of aliphatic hydroxyl groups excluding tert-OH is 1. The normalized spacial score (nSPS) is 23.7. The highest BCUT2D eigenvalue weighted by Gasteiger charge is 2.30. The smallest absolute Gasteiger partial charge is 0.257 e. The second-order valence-corrected chi connectivity index (χ2v) is 5.03. The average Bonchev–Trinajstić information content (AvgIpc) is 2.38. The van der Waals surface area contributed by atoms with E-state index in [2.05, 4.69) is 4.98 Å². The van der Waals surface area contributed by atoms with Gasteiger partial charge in [-0.05, 0) is 25.0 Å². The molecule has 0 saturated heterocycles. The summed E-state index contributed by atoms with van der Waals surface area (Å²) >= 11 is 5.92. The van der Waals surface area contributed by atoms with Crippen molar-refractivity contribution in [2.24, 2.45) is 0 Å². The largest absolute Gasteiger partial charge is 0.391 e. The molecule has 4 nitrogen and oxygen atoms in total. The fourth-order valence-corrected chi connectivity index (χ4v) is 2.63. The Morgan fingerprint density at radius 2 is 2.22 bits per heavy atom. The molecule has 2 rings (SSSR count). The van der Waals surface area contributed by atoms with E-state index in [-0.39, 0.29) is 17.1 Å². The van der Waals surface area contributed by atoms with Crippen LogP contribution in [0.2, 0.25) is 5.15 Å². The molecule has 1 aromatic heterocycles. The Morgan fingerprint density at radius 1 is 1.50 bits per heavy atom. The van der Waals surface area contributed by atoms with Crippen molar-refractivity contribution in [2.45, 2.75) is 37.8 Å². The molecule has 0 radical (unpaired) electrons. The van der Waals surface area contributed by atoms with Crippen LogP contribution < -0.4 is 0 Å². The number of carbonyl (C=O) groups is 1. The number of hydrogen-bond donors (Lipinski definition) is 1. The third-order valence-electron chi connectivity index (χ3n) is 3.50. The van der Waals surface area contributed by atoms with Gasteiger partial charge in [0.2, 0.25) is 0 Å². The summed E-state index contributed by atoms with van der Waals surface area (Å²) < 4.78 is 0. The summed E-state index contributed by atoms with van der Waals surface area (Å²) in [5, 5.41) is 10.2. The lowest BCUT2D eigenvalue weighted by Crippen LogP contribution is -2.46. The lowest BCUT2D eigenvalue weighted by molar-refractivity contribution is 0.0268. The number of carbonyl (C=O) groups excluding carboxylic acids is 1. The first kappa shape index (κ1) is 13.3. The molecule has 2 atom stereocenters. The van der Waals surface area contributed by atoms with E-state index in [1.807, 2.05) is 0 Å². The number of aliphatic hydroxyl groups is 1. The first-order valence-corrected chi connectivity index (χ1v) is 6.55. The predicted octanol–water partition coefficient (Wildman–Crippen LogP) is 2.11. The van der Waals surface area contributed by atoms with Gasteiger partial charge in [0.25, 0.3) is 5.91 Å². The van der Waals surface area contributed by atoms with Crippen LogP contribution in [0.15, 0.2) is 18.3 Å². The van der Waals surface area contributed by atoms with E-state index in [0.717, 1.165) is 25.7 Å². The van der Waals surface area contributed by atoms with E-state index in [1.165, 1.54) is 0 Å². The van der Waals surface area contributed by atoms with Crippen LogP contribution in [0.5, 0.6) is 0 Å². The van der Waals surface area contributed by atoms with E-state index in [4.69, 9.17) is 11.6 Å². The molecule has 98 valence electrons. The molecule has 0 bridgehead atoms. The van der Waals surface area contributed by atoms with Gasteiger partial charge < -0.3 is 10.0 Å². The minimum absolute atomic E-state index is 0.123. The van der Waals surface area contributed by atoms with Crippen LogP contribution in [-0.4, -0.2) is 40.1 Å². The standard InChI is InChI=1S/C13H17ClN2O2/c1-16(10-6-2-3-7-11(10)17)13(18)9-5-4-8-15-12(9)14/h4-5,8,10-11,17H,2-3,6-7H2,1H3. The molecule has 18 heavy (non-hydrogen) atoms. The monoisotopic (exact) mass is 268 g/mol. The van der Waals surface area contributed by atoms with Gasteiger partial charge in [0.1, 0.15) is 5.15 Å². The molecule has 1 aliphatic carbocycles. The minimum Gasteiger partial charge on any atom is -0.391 e. The van der Waals surface area contributed by atoms with E-state index < -0.39 is 6.10 Å². The van der Waals surface area contributed by atoms with E-state index in [1.54, 1.807) is 30.3 Å². The topological polar surface area (TPSA) is 53.4 Å². The van der Waals surface area contributed by atoms with Crippen LogP contribution in [0.4, 0.5) is 0 Å². The van der Waals surface area contributed by atoms with Crippen molar-refractivity contribution < 1.29 is 9.90 Å². The summed E-state index contributed by atoms with van der Waals surface area (Å²) in [6, 6.07) is 3.22. The third kappa shape index (κ3) is 2.65. The van der Waals surface area contributed by atoms with E-state index in [0.29, 0.717) is 5.56 Å². The minimum atomic E-state index is -0.442. The van der Waals surface area contributed by atoms with Gasteiger partial charge in [-0.15, -0.1) is 0 Å². The maximum absolute atomic E-state index is 12.3. The number of likely N-dealkylation sites (N-methyl/N-ethyl adjacent to an activating group) is 1. The Balaban J connectivity index is 2.16. The van der Waals surface area contributed by atoms with Crippen LogP contribution in [0, 0.1) is 0 Å². The van der Waals surface area contributed by atoms with Crippen LogP contribution in [-0.2, 0) is 0 Å². The van der Waals surface area contributed by atoms with Crippen LogP contribution in [0.25, 0.3) is 0 Å². The molecule has 1 N–H and O–H groups in total. The Kier molecular flexibility index (Phi) is 4.19. The zero-order chi connectivity index (χ0) is 13.1. The molecule has 1 amide bonds. The van der Waals surface area contributed by atoms with Crippen molar-refractivity contribution in [3.63, 3.8) is 0 Å². The van der Waals surface area contributed by atoms with Gasteiger partial charge >= 0.3 is 0 Å². The Labute approximate surface area is 112 Å². The van der Waals surface area contributed by atoms with Crippen LogP contribution in [0.3, 0.4) is 0 Å². The SMILES string of the molecule is CN(C(=O)c1cccnc1Cl)C1CCCCC1O. The lowest BCUT2D eigenvalue weighted by atomic mass is 9.91.